The van der Waals surface area contributed by atoms with Crippen molar-refractivity contribution in [2.24, 2.45) is 5.73 Å². The second-order valence-corrected chi connectivity index (χ2v) is 4.42. The van der Waals surface area contributed by atoms with Gasteiger partial charge in [-0.15, -0.1) is 11.3 Å². The van der Waals surface area contributed by atoms with E-state index in [1.165, 1.54) is 0 Å². The molecule has 0 aliphatic rings. The molecule has 3 rings (SSSR count). The summed E-state index contributed by atoms with van der Waals surface area (Å²) in [5.74, 6) is 0.791. The van der Waals surface area contributed by atoms with E-state index in [2.05, 4.69) is 19.4 Å². The van der Waals surface area contributed by atoms with Gasteiger partial charge in [-0.3, -0.25) is 4.40 Å². The molecular formula is C10H11N5S. The Kier molecular flexibility index (Phi) is 2.05. The molecule has 3 N–H and O–H groups in total. The average Bonchev–Trinajstić information content (AvgIpc) is 2.92. The fourth-order valence-electron chi connectivity index (χ4n) is 1.81. The number of nitrogens with one attached hydrogen (secondary N) is 1. The summed E-state index contributed by atoms with van der Waals surface area (Å²) in [7, 11) is 0. The molecular weight excluding hydrogens is 222 g/mol. The van der Waals surface area contributed by atoms with Crippen LogP contribution in [0.25, 0.3) is 16.3 Å². The highest BCUT2D eigenvalue weighted by Gasteiger charge is 2.13. The molecule has 0 amide bonds. The van der Waals surface area contributed by atoms with Crippen molar-refractivity contribution in [2.45, 2.75) is 13.5 Å². The van der Waals surface area contributed by atoms with E-state index in [9.17, 15) is 0 Å². The zero-order valence-electron chi connectivity index (χ0n) is 8.77. The van der Waals surface area contributed by atoms with E-state index in [-0.39, 0.29) is 0 Å². The largest absolute Gasteiger partial charge is 0.340 e. The van der Waals surface area contributed by atoms with Crippen LogP contribution in [0.3, 0.4) is 0 Å². The number of imidazole rings is 2. The van der Waals surface area contributed by atoms with E-state index in [0.717, 1.165) is 27.9 Å². The first-order chi connectivity index (χ1) is 7.79. The number of fused-ring (bicyclic) bond motifs is 1. The Morgan fingerprint density at radius 2 is 2.44 bits per heavy atom. The lowest BCUT2D eigenvalue weighted by Crippen LogP contribution is -1.98. The molecule has 0 spiro atoms. The third-order valence-electron chi connectivity index (χ3n) is 2.51. The predicted molar refractivity (Wildman–Crippen MR) is 63.3 cm³/mol. The van der Waals surface area contributed by atoms with Gasteiger partial charge in [-0.2, -0.15) is 0 Å². The number of nitrogens with zero attached hydrogens (tertiary/aromatic N) is 3. The van der Waals surface area contributed by atoms with Gasteiger partial charge in [-0.05, 0) is 6.92 Å². The number of rotatable bonds is 2. The molecule has 0 fully saturated rings. The summed E-state index contributed by atoms with van der Waals surface area (Å²) in [6.07, 6.45) is 3.81. The summed E-state index contributed by atoms with van der Waals surface area (Å²) in [4.78, 5) is 12.9. The number of aryl methyl sites for hydroxylation is 1. The third-order valence-corrected chi connectivity index (χ3v) is 3.27. The number of hydrogen-bond acceptors (Lipinski definition) is 4. The van der Waals surface area contributed by atoms with Gasteiger partial charge in [-0.1, -0.05) is 0 Å². The molecule has 0 radical (unpaired) electrons. The van der Waals surface area contributed by atoms with Crippen LogP contribution in [0.4, 0.5) is 0 Å². The molecule has 0 aliphatic carbocycles. The monoisotopic (exact) mass is 233 g/mol. The number of thiazole rings is 1. The second kappa shape index (κ2) is 3.43. The predicted octanol–water partition coefficient (Wildman–Crippen LogP) is 1.55. The van der Waals surface area contributed by atoms with Crippen molar-refractivity contribution in [3.63, 3.8) is 0 Å². The second-order valence-electron chi connectivity index (χ2n) is 3.55. The summed E-state index contributed by atoms with van der Waals surface area (Å²) >= 11 is 1.62. The zero-order chi connectivity index (χ0) is 11.1. The Morgan fingerprint density at radius 3 is 3.19 bits per heavy atom. The number of nitrogens with two attached hydrogens (primary N) is 1. The molecule has 3 aromatic rings. The summed E-state index contributed by atoms with van der Waals surface area (Å²) < 4.78 is 2.06. The molecule has 82 valence electrons. The Morgan fingerprint density at radius 1 is 1.56 bits per heavy atom. The Balaban J connectivity index is 2.23. The van der Waals surface area contributed by atoms with Crippen LogP contribution in [0.2, 0.25) is 0 Å². The van der Waals surface area contributed by atoms with E-state index in [4.69, 9.17) is 5.73 Å². The maximum Gasteiger partial charge on any atom is 0.194 e. The third kappa shape index (κ3) is 1.27. The standard InChI is InChI=1S/C10H11N5S/c1-6-9(7-5-12-8(4-11)14-7)15-2-3-16-10(15)13-6/h2-3,5H,4,11H2,1H3,(H,12,14). The Hall–Kier alpha value is -1.66. The van der Waals surface area contributed by atoms with E-state index >= 15 is 0 Å². The van der Waals surface area contributed by atoms with Gasteiger partial charge < -0.3 is 10.7 Å². The smallest absolute Gasteiger partial charge is 0.194 e. The average molecular weight is 233 g/mol. The lowest BCUT2D eigenvalue weighted by atomic mass is 10.3. The van der Waals surface area contributed by atoms with Crippen molar-refractivity contribution < 1.29 is 0 Å². The van der Waals surface area contributed by atoms with Crippen molar-refractivity contribution in [1.29, 1.82) is 0 Å². The molecule has 3 aromatic heterocycles. The fourth-order valence-corrected chi connectivity index (χ4v) is 2.56. The molecule has 0 saturated carbocycles. The first-order valence-electron chi connectivity index (χ1n) is 4.96. The lowest BCUT2D eigenvalue weighted by molar-refractivity contribution is 0.949. The number of aromatic amines is 1. The maximum atomic E-state index is 5.53. The van der Waals surface area contributed by atoms with Crippen molar-refractivity contribution in [3.8, 4) is 11.4 Å². The summed E-state index contributed by atoms with van der Waals surface area (Å²) in [6.45, 7) is 2.42. The van der Waals surface area contributed by atoms with Gasteiger partial charge >= 0.3 is 0 Å². The van der Waals surface area contributed by atoms with Gasteiger partial charge in [0.25, 0.3) is 0 Å². The molecule has 0 aliphatic heterocycles. The summed E-state index contributed by atoms with van der Waals surface area (Å²) in [5, 5.41) is 2.02. The molecule has 0 aromatic carbocycles. The minimum absolute atomic E-state index is 0.421. The summed E-state index contributed by atoms with van der Waals surface area (Å²) in [5.41, 5.74) is 8.55. The first kappa shape index (κ1) is 9.56. The highest BCUT2D eigenvalue weighted by atomic mass is 32.1. The minimum atomic E-state index is 0.421. The van der Waals surface area contributed by atoms with Gasteiger partial charge in [0.2, 0.25) is 0 Å². The van der Waals surface area contributed by atoms with Crippen LogP contribution in [0.5, 0.6) is 0 Å². The van der Waals surface area contributed by atoms with E-state index in [1.54, 1.807) is 17.5 Å². The van der Waals surface area contributed by atoms with Crippen LogP contribution in [0.1, 0.15) is 11.5 Å². The normalized spacial score (nSPS) is 11.4. The molecule has 5 nitrogen and oxygen atoms in total. The van der Waals surface area contributed by atoms with Crippen LogP contribution in [-0.2, 0) is 6.54 Å². The van der Waals surface area contributed by atoms with Crippen LogP contribution in [0, 0.1) is 6.92 Å². The number of H-pyrrole nitrogens is 1. The van der Waals surface area contributed by atoms with Crippen molar-refractivity contribution >= 4 is 16.3 Å². The molecule has 3 heterocycles. The zero-order valence-corrected chi connectivity index (χ0v) is 9.58. The molecule has 0 bridgehead atoms. The Bertz CT molecular complexity index is 633. The van der Waals surface area contributed by atoms with Crippen LogP contribution < -0.4 is 5.73 Å². The van der Waals surface area contributed by atoms with Gasteiger partial charge in [0.05, 0.1) is 29.8 Å². The quantitative estimate of drug-likeness (QED) is 0.705. The fraction of sp³-hybridized carbons (Fsp3) is 0.200. The van der Waals surface area contributed by atoms with Crippen molar-refractivity contribution in [3.05, 3.63) is 29.3 Å². The van der Waals surface area contributed by atoms with Crippen LogP contribution >= 0.6 is 11.3 Å². The van der Waals surface area contributed by atoms with Crippen LogP contribution in [-0.4, -0.2) is 19.4 Å². The lowest BCUT2D eigenvalue weighted by Gasteiger charge is -1.96. The summed E-state index contributed by atoms with van der Waals surface area (Å²) in [6, 6.07) is 0. The van der Waals surface area contributed by atoms with Gasteiger partial charge in [0.15, 0.2) is 4.96 Å². The van der Waals surface area contributed by atoms with Gasteiger partial charge in [0, 0.05) is 11.6 Å². The van der Waals surface area contributed by atoms with Gasteiger partial charge in [0.1, 0.15) is 5.82 Å². The molecule has 0 saturated heterocycles. The SMILES string of the molecule is Cc1nc2sccn2c1-c1cnc(CN)[nH]1. The van der Waals surface area contributed by atoms with E-state index < -0.39 is 0 Å². The first-order valence-corrected chi connectivity index (χ1v) is 5.84. The number of aromatic nitrogens is 4. The minimum Gasteiger partial charge on any atom is -0.340 e. The van der Waals surface area contributed by atoms with Crippen molar-refractivity contribution in [2.75, 3.05) is 0 Å². The van der Waals surface area contributed by atoms with Crippen molar-refractivity contribution in [1.82, 2.24) is 19.4 Å². The highest BCUT2D eigenvalue weighted by Crippen LogP contribution is 2.25. The molecule has 0 unspecified atom stereocenters. The highest BCUT2D eigenvalue weighted by molar-refractivity contribution is 7.15. The molecule has 16 heavy (non-hydrogen) atoms. The van der Waals surface area contributed by atoms with Gasteiger partial charge in [-0.25, -0.2) is 9.97 Å². The van der Waals surface area contributed by atoms with E-state index in [1.807, 2.05) is 18.5 Å². The Labute approximate surface area is 96.0 Å². The van der Waals surface area contributed by atoms with Crippen LogP contribution in [0.15, 0.2) is 17.8 Å². The number of hydrogen-bond donors (Lipinski definition) is 2. The molecule has 6 heteroatoms. The topological polar surface area (TPSA) is 72.0 Å². The maximum absolute atomic E-state index is 5.53. The molecule has 0 atom stereocenters. The van der Waals surface area contributed by atoms with E-state index in [0.29, 0.717) is 6.54 Å².